The number of rotatable bonds is 6. The van der Waals surface area contributed by atoms with Gasteiger partial charge >= 0.3 is 0 Å². The summed E-state index contributed by atoms with van der Waals surface area (Å²) in [4.78, 5) is 11.7. The molecule has 0 radical (unpaired) electrons. The van der Waals surface area contributed by atoms with Gasteiger partial charge in [0.15, 0.2) is 6.61 Å². The van der Waals surface area contributed by atoms with Gasteiger partial charge in [-0.05, 0) is 38.3 Å². The first-order valence-corrected chi connectivity index (χ1v) is 6.54. The predicted molar refractivity (Wildman–Crippen MR) is 75.3 cm³/mol. The molecule has 0 saturated heterocycles. The van der Waals surface area contributed by atoms with Gasteiger partial charge < -0.3 is 15.2 Å². The SMILES string of the molecule is CCC(C)(O)CNC(=O)COc1c(C)cccc1C. The van der Waals surface area contributed by atoms with Crippen LogP contribution in [0.15, 0.2) is 18.2 Å². The van der Waals surface area contributed by atoms with E-state index in [9.17, 15) is 9.90 Å². The summed E-state index contributed by atoms with van der Waals surface area (Å²) in [6.07, 6.45) is 0.588. The Kier molecular flexibility index (Phi) is 5.36. The second-order valence-corrected chi connectivity index (χ2v) is 5.14. The molecule has 1 atom stereocenters. The molecule has 1 aromatic carbocycles. The van der Waals surface area contributed by atoms with Gasteiger partial charge in [0.05, 0.1) is 5.60 Å². The first-order chi connectivity index (χ1) is 8.85. The fourth-order valence-corrected chi connectivity index (χ4v) is 1.63. The molecular weight excluding hydrogens is 242 g/mol. The van der Waals surface area contributed by atoms with E-state index in [1.807, 2.05) is 39.0 Å². The van der Waals surface area contributed by atoms with Crippen molar-refractivity contribution in [2.45, 2.75) is 39.7 Å². The third-order valence-electron chi connectivity index (χ3n) is 3.18. The zero-order valence-electron chi connectivity index (χ0n) is 12.1. The topological polar surface area (TPSA) is 58.6 Å². The number of hydrogen-bond donors (Lipinski definition) is 2. The number of aliphatic hydroxyl groups is 1. The summed E-state index contributed by atoms with van der Waals surface area (Å²) in [5.41, 5.74) is 1.15. The first kappa shape index (κ1) is 15.5. The average molecular weight is 265 g/mol. The van der Waals surface area contributed by atoms with Crippen LogP contribution in [-0.4, -0.2) is 29.8 Å². The Labute approximate surface area is 114 Å². The molecule has 1 rings (SSSR count). The van der Waals surface area contributed by atoms with Crippen LogP contribution in [0.5, 0.6) is 5.75 Å². The van der Waals surface area contributed by atoms with Gasteiger partial charge in [-0.2, -0.15) is 0 Å². The Morgan fingerprint density at radius 2 is 1.95 bits per heavy atom. The molecule has 0 spiro atoms. The van der Waals surface area contributed by atoms with Crippen LogP contribution < -0.4 is 10.1 Å². The lowest BCUT2D eigenvalue weighted by Gasteiger charge is -2.21. The van der Waals surface area contributed by atoms with Gasteiger partial charge in [0, 0.05) is 6.54 Å². The van der Waals surface area contributed by atoms with Gasteiger partial charge in [-0.15, -0.1) is 0 Å². The van der Waals surface area contributed by atoms with E-state index in [0.29, 0.717) is 6.42 Å². The van der Waals surface area contributed by atoms with Crippen molar-refractivity contribution in [3.05, 3.63) is 29.3 Å². The third-order valence-corrected chi connectivity index (χ3v) is 3.18. The van der Waals surface area contributed by atoms with Crippen molar-refractivity contribution in [3.63, 3.8) is 0 Å². The molecule has 0 aromatic heterocycles. The van der Waals surface area contributed by atoms with Crippen LogP contribution in [0, 0.1) is 13.8 Å². The molecule has 2 N–H and O–H groups in total. The molecule has 0 saturated carbocycles. The standard InChI is InChI=1S/C15H23NO3/c1-5-15(4,18)10-16-13(17)9-19-14-11(2)7-6-8-12(14)3/h6-8,18H,5,9-10H2,1-4H3,(H,16,17). The van der Waals surface area contributed by atoms with Crippen LogP contribution in [0.4, 0.5) is 0 Å². The largest absolute Gasteiger partial charge is 0.483 e. The third kappa shape index (κ3) is 4.91. The van der Waals surface area contributed by atoms with Crippen LogP contribution in [-0.2, 0) is 4.79 Å². The second-order valence-electron chi connectivity index (χ2n) is 5.14. The summed E-state index contributed by atoms with van der Waals surface area (Å²) in [5, 5.41) is 12.5. The molecular formula is C15H23NO3. The van der Waals surface area contributed by atoms with E-state index in [1.165, 1.54) is 0 Å². The summed E-state index contributed by atoms with van der Waals surface area (Å²) in [6.45, 7) is 7.66. The molecule has 4 heteroatoms. The fourth-order valence-electron chi connectivity index (χ4n) is 1.63. The van der Waals surface area contributed by atoms with E-state index in [2.05, 4.69) is 5.32 Å². The maximum absolute atomic E-state index is 11.7. The molecule has 0 aliphatic rings. The Morgan fingerprint density at radius 3 is 2.47 bits per heavy atom. The number of ether oxygens (including phenoxy) is 1. The molecule has 4 nitrogen and oxygen atoms in total. The Balaban J connectivity index is 2.47. The number of aryl methyl sites for hydroxylation is 2. The molecule has 19 heavy (non-hydrogen) atoms. The molecule has 1 unspecified atom stereocenters. The van der Waals surface area contributed by atoms with Crippen molar-refractivity contribution in [2.75, 3.05) is 13.2 Å². The van der Waals surface area contributed by atoms with Crippen LogP contribution in [0.3, 0.4) is 0 Å². The van der Waals surface area contributed by atoms with Crippen LogP contribution in [0.1, 0.15) is 31.4 Å². The van der Waals surface area contributed by atoms with Gasteiger partial charge in [0.1, 0.15) is 5.75 Å². The average Bonchev–Trinajstić information content (AvgIpc) is 2.36. The summed E-state index contributed by atoms with van der Waals surface area (Å²) < 4.78 is 5.53. The molecule has 1 aromatic rings. The number of para-hydroxylation sites is 1. The van der Waals surface area contributed by atoms with Gasteiger partial charge in [-0.25, -0.2) is 0 Å². The number of nitrogens with one attached hydrogen (secondary N) is 1. The van der Waals surface area contributed by atoms with Crippen molar-refractivity contribution < 1.29 is 14.6 Å². The number of amides is 1. The van der Waals surface area contributed by atoms with E-state index < -0.39 is 5.60 Å². The molecule has 0 fully saturated rings. The Bertz CT molecular complexity index is 421. The number of hydrogen-bond acceptors (Lipinski definition) is 3. The van der Waals surface area contributed by atoms with Crippen LogP contribution in [0.25, 0.3) is 0 Å². The highest BCUT2D eigenvalue weighted by Gasteiger charge is 2.18. The number of carbonyl (C=O) groups excluding carboxylic acids is 1. The highest BCUT2D eigenvalue weighted by atomic mass is 16.5. The van der Waals surface area contributed by atoms with E-state index in [1.54, 1.807) is 6.92 Å². The lowest BCUT2D eigenvalue weighted by molar-refractivity contribution is -0.124. The molecule has 0 aliphatic carbocycles. The zero-order chi connectivity index (χ0) is 14.5. The quantitative estimate of drug-likeness (QED) is 0.826. The van der Waals surface area contributed by atoms with E-state index in [0.717, 1.165) is 16.9 Å². The number of carbonyl (C=O) groups is 1. The van der Waals surface area contributed by atoms with Crippen LogP contribution >= 0.6 is 0 Å². The minimum absolute atomic E-state index is 0.0362. The van der Waals surface area contributed by atoms with Crippen molar-refractivity contribution in [3.8, 4) is 5.75 Å². The molecule has 0 heterocycles. The van der Waals surface area contributed by atoms with Crippen molar-refractivity contribution in [2.24, 2.45) is 0 Å². The molecule has 1 amide bonds. The normalized spacial score (nSPS) is 13.7. The maximum atomic E-state index is 11.7. The molecule has 0 bridgehead atoms. The summed E-state index contributed by atoms with van der Waals surface area (Å²) in [6, 6.07) is 5.85. The van der Waals surface area contributed by atoms with Gasteiger partial charge in [0.25, 0.3) is 5.91 Å². The zero-order valence-corrected chi connectivity index (χ0v) is 12.1. The monoisotopic (exact) mass is 265 g/mol. The van der Waals surface area contributed by atoms with Gasteiger partial charge in [-0.1, -0.05) is 25.1 Å². The Morgan fingerprint density at radius 1 is 1.37 bits per heavy atom. The van der Waals surface area contributed by atoms with E-state index >= 15 is 0 Å². The number of benzene rings is 1. The minimum atomic E-state index is -0.867. The van der Waals surface area contributed by atoms with E-state index in [-0.39, 0.29) is 19.1 Å². The second kappa shape index (κ2) is 6.57. The van der Waals surface area contributed by atoms with Crippen molar-refractivity contribution >= 4 is 5.91 Å². The first-order valence-electron chi connectivity index (χ1n) is 6.54. The van der Waals surface area contributed by atoms with Crippen molar-refractivity contribution in [1.29, 1.82) is 0 Å². The van der Waals surface area contributed by atoms with E-state index in [4.69, 9.17) is 4.74 Å². The highest BCUT2D eigenvalue weighted by Crippen LogP contribution is 2.21. The van der Waals surface area contributed by atoms with Gasteiger partial charge in [0.2, 0.25) is 0 Å². The summed E-state index contributed by atoms with van der Waals surface area (Å²) >= 11 is 0. The van der Waals surface area contributed by atoms with Gasteiger partial charge in [-0.3, -0.25) is 4.79 Å². The maximum Gasteiger partial charge on any atom is 0.258 e. The predicted octanol–water partition coefficient (Wildman–Crippen LogP) is 1.96. The smallest absolute Gasteiger partial charge is 0.258 e. The summed E-state index contributed by atoms with van der Waals surface area (Å²) in [5.74, 6) is 0.524. The minimum Gasteiger partial charge on any atom is -0.483 e. The fraction of sp³-hybridized carbons (Fsp3) is 0.533. The lowest BCUT2D eigenvalue weighted by atomic mass is 10.0. The summed E-state index contributed by atoms with van der Waals surface area (Å²) in [7, 11) is 0. The van der Waals surface area contributed by atoms with Crippen LogP contribution in [0.2, 0.25) is 0 Å². The molecule has 106 valence electrons. The lowest BCUT2D eigenvalue weighted by Crippen LogP contribution is -2.41. The van der Waals surface area contributed by atoms with Crippen molar-refractivity contribution in [1.82, 2.24) is 5.32 Å². The Hall–Kier alpha value is -1.55. The highest BCUT2D eigenvalue weighted by molar-refractivity contribution is 5.77. The molecule has 0 aliphatic heterocycles.